The maximum Gasteiger partial charge on any atom is 0.229 e. The number of hydrogen-bond donors (Lipinski definition) is 2. The van der Waals surface area contributed by atoms with Crippen molar-refractivity contribution >= 4 is 47.2 Å². The molecule has 2 aromatic rings. The van der Waals surface area contributed by atoms with Crippen LogP contribution < -0.4 is 10.6 Å². The number of amides is 1. The number of nitrogens with one attached hydrogen (secondary N) is 2. The summed E-state index contributed by atoms with van der Waals surface area (Å²) in [7, 11) is 0. The molecular formula is C19H26Cl2N4OS. The SMILES string of the molecule is CC(C(=O)Nc1nc2c(s1)CN(Cc1ccccc1)CC2)C1CNC1.Cl.Cl. The number of benzene rings is 1. The molecule has 0 aliphatic carbocycles. The highest BCUT2D eigenvalue weighted by molar-refractivity contribution is 7.15. The molecule has 8 heteroatoms. The fraction of sp³-hybridized carbons (Fsp3) is 0.474. The molecule has 1 aromatic carbocycles. The lowest BCUT2D eigenvalue weighted by Crippen LogP contribution is -2.48. The lowest BCUT2D eigenvalue weighted by atomic mass is 9.88. The van der Waals surface area contributed by atoms with Crippen LogP contribution in [0.15, 0.2) is 30.3 Å². The molecule has 5 nitrogen and oxygen atoms in total. The summed E-state index contributed by atoms with van der Waals surface area (Å²) in [6.45, 7) is 6.79. The van der Waals surface area contributed by atoms with Crippen molar-refractivity contribution in [1.82, 2.24) is 15.2 Å². The molecule has 148 valence electrons. The molecule has 0 spiro atoms. The zero-order valence-electron chi connectivity index (χ0n) is 15.3. The van der Waals surface area contributed by atoms with E-state index in [1.807, 2.05) is 6.92 Å². The van der Waals surface area contributed by atoms with Crippen molar-refractivity contribution in [2.45, 2.75) is 26.4 Å². The summed E-state index contributed by atoms with van der Waals surface area (Å²) in [4.78, 5) is 20.8. The van der Waals surface area contributed by atoms with E-state index in [0.717, 1.165) is 50.0 Å². The summed E-state index contributed by atoms with van der Waals surface area (Å²) in [5, 5.41) is 7.02. The first-order valence-corrected chi connectivity index (χ1v) is 9.77. The maximum atomic E-state index is 12.4. The van der Waals surface area contributed by atoms with E-state index in [9.17, 15) is 4.79 Å². The van der Waals surface area contributed by atoms with Gasteiger partial charge in [0.25, 0.3) is 0 Å². The average Bonchev–Trinajstić information content (AvgIpc) is 2.95. The van der Waals surface area contributed by atoms with Crippen LogP contribution in [0.5, 0.6) is 0 Å². The Hall–Kier alpha value is -1.18. The second-order valence-corrected chi connectivity index (χ2v) is 8.12. The van der Waals surface area contributed by atoms with Gasteiger partial charge in [0.15, 0.2) is 5.13 Å². The minimum atomic E-state index is 0. The lowest BCUT2D eigenvalue weighted by Gasteiger charge is -2.31. The van der Waals surface area contributed by atoms with E-state index < -0.39 is 0 Å². The standard InChI is InChI=1S/C19H24N4OS.2ClH/c1-13(15-9-20-10-15)18(24)22-19-21-16-7-8-23(12-17(16)25-19)11-14-5-3-2-4-6-14;;/h2-6,13,15,20H,7-12H2,1H3,(H,21,22,24);2*1H. The normalized spacial score (nSPS) is 17.7. The van der Waals surface area contributed by atoms with E-state index in [-0.39, 0.29) is 36.6 Å². The molecule has 1 unspecified atom stereocenters. The number of carbonyl (C=O) groups excluding carboxylic acids is 1. The zero-order chi connectivity index (χ0) is 17.2. The number of rotatable bonds is 5. The number of halogens is 2. The van der Waals surface area contributed by atoms with Crippen molar-refractivity contribution < 1.29 is 4.79 Å². The molecule has 1 fully saturated rings. The van der Waals surface area contributed by atoms with E-state index >= 15 is 0 Å². The van der Waals surface area contributed by atoms with Crippen LogP contribution in [0.2, 0.25) is 0 Å². The molecule has 2 N–H and O–H groups in total. The van der Waals surface area contributed by atoms with E-state index in [0.29, 0.717) is 5.92 Å². The molecule has 0 radical (unpaired) electrons. The minimum absolute atomic E-state index is 0. The van der Waals surface area contributed by atoms with Crippen molar-refractivity contribution in [3.05, 3.63) is 46.5 Å². The number of thiazole rings is 1. The number of fused-ring (bicyclic) bond motifs is 1. The zero-order valence-corrected chi connectivity index (χ0v) is 17.8. The highest BCUT2D eigenvalue weighted by Crippen LogP contribution is 2.29. The van der Waals surface area contributed by atoms with Gasteiger partial charge in [0, 0.05) is 36.9 Å². The number of carbonyl (C=O) groups is 1. The van der Waals surface area contributed by atoms with Crippen molar-refractivity contribution in [2.24, 2.45) is 11.8 Å². The highest BCUT2D eigenvalue weighted by atomic mass is 35.5. The molecule has 3 heterocycles. The molecule has 0 saturated carbocycles. The van der Waals surface area contributed by atoms with Gasteiger partial charge < -0.3 is 10.6 Å². The first-order chi connectivity index (χ1) is 12.2. The van der Waals surface area contributed by atoms with E-state index in [2.05, 4.69) is 50.8 Å². The fourth-order valence-corrected chi connectivity index (χ4v) is 4.43. The topological polar surface area (TPSA) is 57.3 Å². The van der Waals surface area contributed by atoms with Gasteiger partial charge in [-0.05, 0) is 24.6 Å². The Morgan fingerprint density at radius 1 is 1.33 bits per heavy atom. The third kappa shape index (κ3) is 5.21. The van der Waals surface area contributed by atoms with Crippen molar-refractivity contribution in [2.75, 3.05) is 25.0 Å². The quantitative estimate of drug-likeness (QED) is 0.766. The largest absolute Gasteiger partial charge is 0.316 e. The van der Waals surface area contributed by atoms with Gasteiger partial charge in [0.2, 0.25) is 5.91 Å². The third-order valence-corrected chi connectivity index (χ3v) is 6.22. The van der Waals surface area contributed by atoms with Crippen molar-refractivity contribution in [3.8, 4) is 0 Å². The summed E-state index contributed by atoms with van der Waals surface area (Å²) >= 11 is 1.63. The van der Waals surface area contributed by atoms with Crippen LogP contribution in [0.1, 0.15) is 23.1 Å². The second kappa shape index (κ2) is 9.85. The van der Waals surface area contributed by atoms with Crippen LogP contribution in [-0.4, -0.2) is 35.4 Å². The highest BCUT2D eigenvalue weighted by Gasteiger charge is 2.29. The molecule has 0 bridgehead atoms. The molecule has 1 saturated heterocycles. The van der Waals surface area contributed by atoms with Crippen LogP contribution in [0.3, 0.4) is 0 Å². The number of hydrogen-bond acceptors (Lipinski definition) is 5. The summed E-state index contributed by atoms with van der Waals surface area (Å²) in [5.74, 6) is 0.589. The predicted octanol–water partition coefficient (Wildman–Crippen LogP) is 3.34. The first-order valence-electron chi connectivity index (χ1n) is 8.95. The number of anilines is 1. The first kappa shape index (κ1) is 22.1. The molecule has 2 aliphatic heterocycles. The fourth-order valence-electron chi connectivity index (χ4n) is 3.38. The van der Waals surface area contributed by atoms with Crippen LogP contribution in [0.4, 0.5) is 5.13 Å². The van der Waals surface area contributed by atoms with Crippen LogP contribution in [0, 0.1) is 11.8 Å². The summed E-state index contributed by atoms with van der Waals surface area (Å²) in [5.41, 5.74) is 2.49. The Bertz CT molecular complexity index is 751. The van der Waals surface area contributed by atoms with Gasteiger partial charge in [-0.1, -0.05) is 37.3 Å². The number of nitrogens with zero attached hydrogens (tertiary/aromatic N) is 2. The van der Waals surface area contributed by atoms with E-state index in [1.54, 1.807) is 11.3 Å². The van der Waals surface area contributed by atoms with Gasteiger partial charge in [-0.2, -0.15) is 0 Å². The third-order valence-electron chi connectivity index (χ3n) is 5.22. The van der Waals surface area contributed by atoms with E-state index in [1.165, 1.54) is 10.4 Å². The Morgan fingerprint density at radius 3 is 2.74 bits per heavy atom. The van der Waals surface area contributed by atoms with Gasteiger partial charge in [0.05, 0.1) is 5.69 Å². The molecular weight excluding hydrogens is 403 g/mol. The van der Waals surface area contributed by atoms with E-state index in [4.69, 9.17) is 0 Å². The van der Waals surface area contributed by atoms with Gasteiger partial charge >= 0.3 is 0 Å². The lowest BCUT2D eigenvalue weighted by molar-refractivity contribution is -0.121. The van der Waals surface area contributed by atoms with Crippen molar-refractivity contribution in [3.63, 3.8) is 0 Å². The molecule has 1 aromatic heterocycles. The van der Waals surface area contributed by atoms with Gasteiger partial charge in [0.1, 0.15) is 0 Å². The predicted molar refractivity (Wildman–Crippen MR) is 115 cm³/mol. The maximum absolute atomic E-state index is 12.4. The van der Waals surface area contributed by atoms with Gasteiger partial charge in [-0.15, -0.1) is 36.2 Å². The Balaban J connectivity index is 0.00000131. The molecule has 1 amide bonds. The number of aromatic nitrogens is 1. The summed E-state index contributed by atoms with van der Waals surface area (Å²) in [6, 6.07) is 10.6. The molecule has 2 aliphatic rings. The Kier molecular flexibility index (Phi) is 8.06. The summed E-state index contributed by atoms with van der Waals surface area (Å²) in [6.07, 6.45) is 0.955. The Labute approximate surface area is 176 Å². The monoisotopic (exact) mass is 428 g/mol. The van der Waals surface area contributed by atoms with Gasteiger partial charge in [-0.3, -0.25) is 9.69 Å². The average molecular weight is 429 g/mol. The summed E-state index contributed by atoms with van der Waals surface area (Å²) < 4.78 is 0. The minimum Gasteiger partial charge on any atom is -0.316 e. The van der Waals surface area contributed by atoms with Crippen molar-refractivity contribution in [1.29, 1.82) is 0 Å². The van der Waals surface area contributed by atoms with Gasteiger partial charge in [-0.25, -0.2) is 4.98 Å². The Morgan fingerprint density at radius 2 is 2.07 bits per heavy atom. The second-order valence-electron chi connectivity index (χ2n) is 7.03. The smallest absolute Gasteiger partial charge is 0.229 e. The van der Waals surface area contributed by atoms with Crippen LogP contribution >= 0.6 is 36.2 Å². The van der Waals surface area contributed by atoms with Crippen LogP contribution in [-0.2, 0) is 24.3 Å². The molecule has 27 heavy (non-hydrogen) atoms. The van der Waals surface area contributed by atoms with Crippen LogP contribution in [0.25, 0.3) is 0 Å². The molecule has 4 rings (SSSR count). The molecule has 1 atom stereocenters.